The highest BCUT2D eigenvalue weighted by Gasteiger charge is 2.04. The smallest absolute Gasteiger partial charge is 0.312 e. The molecule has 0 spiro atoms. The molecule has 0 aliphatic rings. The van der Waals surface area contributed by atoms with Gasteiger partial charge in [-0.25, -0.2) is 4.79 Å². The van der Waals surface area contributed by atoms with Gasteiger partial charge in [-0.3, -0.25) is 4.57 Å². The van der Waals surface area contributed by atoms with E-state index in [1.165, 1.54) is 0 Å². The molecule has 0 unspecified atom stereocenters. The summed E-state index contributed by atoms with van der Waals surface area (Å²) < 4.78 is 1.77. The lowest BCUT2D eigenvalue weighted by molar-refractivity contribution is 0.718. The minimum atomic E-state index is -0.0318. The second-order valence-electron chi connectivity index (χ2n) is 3.51. The molecule has 1 N–H and O–H groups in total. The first-order chi connectivity index (χ1) is 7.31. The number of rotatable bonds is 3. The van der Waals surface area contributed by atoms with Crippen LogP contribution in [0.4, 0.5) is 0 Å². The van der Waals surface area contributed by atoms with E-state index in [-0.39, 0.29) is 5.69 Å². The third kappa shape index (κ3) is 2.01. The summed E-state index contributed by atoms with van der Waals surface area (Å²) in [6, 6.07) is 10.00. The van der Waals surface area contributed by atoms with Crippen molar-refractivity contribution in [3.05, 3.63) is 58.3 Å². The van der Waals surface area contributed by atoms with Gasteiger partial charge in [0.2, 0.25) is 0 Å². The number of nitrogens with zero attached hydrogens (tertiary/aromatic N) is 1. The van der Waals surface area contributed by atoms with Gasteiger partial charge in [0.15, 0.2) is 0 Å². The zero-order valence-electron chi connectivity index (χ0n) is 8.73. The van der Waals surface area contributed by atoms with Crippen LogP contribution in [0.3, 0.4) is 0 Å². The largest absolute Gasteiger partial charge is 0.326 e. The summed E-state index contributed by atoms with van der Waals surface area (Å²) in [5, 5.41) is 0. The van der Waals surface area contributed by atoms with Crippen LogP contribution in [0, 0.1) is 0 Å². The molecule has 0 saturated heterocycles. The Labute approximate surface area is 88.4 Å². The van der Waals surface area contributed by atoms with Crippen LogP contribution in [0.25, 0.3) is 0 Å². The molecule has 15 heavy (non-hydrogen) atoms. The molecule has 0 aliphatic heterocycles. The van der Waals surface area contributed by atoms with Crippen molar-refractivity contribution in [3.63, 3.8) is 0 Å². The van der Waals surface area contributed by atoms with Crippen molar-refractivity contribution in [2.75, 3.05) is 0 Å². The maximum Gasteiger partial charge on any atom is 0.326 e. The second-order valence-corrected chi connectivity index (χ2v) is 3.51. The van der Waals surface area contributed by atoms with Gasteiger partial charge in [-0.05, 0) is 12.0 Å². The van der Waals surface area contributed by atoms with E-state index in [9.17, 15) is 4.79 Å². The first-order valence-electron chi connectivity index (χ1n) is 5.12. The van der Waals surface area contributed by atoms with Crippen molar-refractivity contribution in [3.8, 4) is 0 Å². The predicted molar refractivity (Wildman–Crippen MR) is 60.0 cm³/mol. The van der Waals surface area contributed by atoms with E-state index in [1.807, 2.05) is 37.3 Å². The highest BCUT2D eigenvalue weighted by atomic mass is 16.1. The van der Waals surface area contributed by atoms with Crippen LogP contribution in [-0.2, 0) is 13.0 Å². The maximum absolute atomic E-state index is 11.5. The van der Waals surface area contributed by atoms with E-state index in [2.05, 4.69) is 4.98 Å². The normalized spacial score (nSPS) is 10.5. The van der Waals surface area contributed by atoms with Crippen LogP contribution >= 0.6 is 0 Å². The van der Waals surface area contributed by atoms with Crippen molar-refractivity contribution in [1.82, 2.24) is 9.55 Å². The molecule has 1 heterocycles. The van der Waals surface area contributed by atoms with E-state index in [0.717, 1.165) is 17.7 Å². The van der Waals surface area contributed by atoms with Gasteiger partial charge >= 0.3 is 5.69 Å². The summed E-state index contributed by atoms with van der Waals surface area (Å²) in [6.45, 7) is 2.69. The number of nitrogens with one attached hydrogen (secondary N) is 1. The monoisotopic (exact) mass is 202 g/mol. The Morgan fingerprint density at radius 2 is 2.00 bits per heavy atom. The lowest BCUT2D eigenvalue weighted by Gasteiger charge is -2.05. The fourth-order valence-electron chi connectivity index (χ4n) is 1.66. The predicted octanol–water partition coefficient (Wildman–Crippen LogP) is 1.79. The number of aromatic amines is 1. The van der Waals surface area contributed by atoms with E-state index >= 15 is 0 Å². The average molecular weight is 202 g/mol. The lowest BCUT2D eigenvalue weighted by atomic mass is 10.2. The first-order valence-corrected chi connectivity index (χ1v) is 5.12. The van der Waals surface area contributed by atoms with Crippen LogP contribution in [-0.4, -0.2) is 9.55 Å². The van der Waals surface area contributed by atoms with Gasteiger partial charge in [-0.1, -0.05) is 37.3 Å². The highest BCUT2D eigenvalue weighted by molar-refractivity contribution is 5.16. The van der Waals surface area contributed by atoms with Gasteiger partial charge in [0.05, 0.1) is 6.54 Å². The molecule has 0 atom stereocenters. The van der Waals surface area contributed by atoms with Crippen LogP contribution < -0.4 is 5.69 Å². The second kappa shape index (κ2) is 4.17. The fourth-order valence-corrected chi connectivity index (χ4v) is 1.66. The molecular weight excluding hydrogens is 188 g/mol. The number of hydrogen-bond acceptors (Lipinski definition) is 1. The number of aromatic nitrogens is 2. The van der Waals surface area contributed by atoms with Crippen LogP contribution in [0.5, 0.6) is 0 Å². The topological polar surface area (TPSA) is 37.8 Å². The number of benzene rings is 1. The molecule has 0 bridgehead atoms. The van der Waals surface area contributed by atoms with Crippen LogP contribution in [0.2, 0.25) is 0 Å². The molecule has 0 fully saturated rings. The van der Waals surface area contributed by atoms with Crippen molar-refractivity contribution in [2.45, 2.75) is 19.9 Å². The van der Waals surface area contributed by atoms with Gasteiger partial charge in [0, 0.05) is 11.9 Å². The third-order valence-corrected chi connectivity index (χ3v) is 2.50. The standard InChI is InChI=1S/C12H14N2O/c1-2-11-8-13-12(15)14(11)9-10-6-4-3-5-7-10/h3-8H,2,9H2,1H3,(H,13,15). The van der Waals surface area contributed by atoms with Crippen molar-refractivity contribution >= 4 is 0 Å². The number of H-pyrrole nitrogens is 1. The van der Waals surface area contributed by atoms with E-state index < -0.39 is 0 Å². The molecule has 3 heteroatoms. The Morgan fingerprint density at radius 3 is 2.67 bits per heavy atom. The van der Waals surface area contributed by atoms with Gasteiger partial charge in [-0.2, -0.15) is 0 Å². The summed E-state index contributed by atoms with van der Waals surface area (Å²) >= 11 is 0. The summed E-state index contributed by atoms with van der Waals surface area (Å²) in [4.78, 5) is 14.2. The molecule has 1 aromatic heterocycles. The highest BCUT2D eigenvalue weighted by Crippen LogP contribution is 2.03. The van der Waals surface area contributed by atoms with E-state index in [4.69, 9.17) is 0 Å². The lowest BCUT2D eigenvalue weighted by Crippen LogP contribution is -2.19. The summed E-state index contributed by atoms with van der Waals surface area (Å²) in [7, 11) is 0. The summed E-state index contributed by atoms with van der Waals surface area (Å²) in [6.07, 6.45) is 2.65. The zero-order valence-corrected chi connectivity index (χ0v) is 8.73. The Kier molecular flexibility index (Phi) is 2.72. The Hall–Kier alpha value is -1.77. The van der Waals surface area contributed by atoms with Crippen molar-refractivity contribution in [2.24, 2.45) is 0 Å². The molecule has 78 valence electrons. The Balaban J connectivity index is 2.32. The number of aryl methyl sites for hydroxylation is 1. The average Bonchev–Trinajstić information content (AvgIpc) is 2.62. The maximum atomic E-state index is 11.5. The quantitative estimate of drug-likeness (QED) is 0.809. The number of imidazole rings is 1. The van der Waals surface area contributed by atoms with Gasteiger partial charge in [-0.15, -0.1) is 0 Å². The Morgan fingerprint density at radius 1 is 1.27 bits per heavy atom. The van der Waals surface area contributed by atoms with E-state index in [0.29, 0.717) is 6.54 Å². The van der Waals surface area contributed by atoms with Gasteiger partial charge < -0.3 is 4.98 Å². The van der Waals surface area contributed by atoms with Crippen LogP contribution in [0.1, 0.15) is 18.2 Å². The van der Waals surface area contributed by atoms with Crippen LogP contribution in [0.15, 0.2) is 41.3 Å². The SMILES string of the molecule is CCc1c[nH]c(=O)n1Cc1ccccc1. The fraction of sp³-hybridized carbons (Fsp3) is 0.250. The first kappa shape index (κ1) is 9.77. The van der Waals surface area contributed by atoms with Gasteiger partial charge in [0.1, 0.15) is 0 Å². The molecular formula is C12H14N2O. The molecule has 3 nitrogen and oxygen atoms in total. The summed E-state index contributed by atoms with van der Waals surface area (Å²) in [5.74, 6) is 0. The molecule has 0 saturated carbocycles. The van der Waals surface area contributed by atoms with E-state index in [1.54, 1.807) is 10.8 Å². The Bertz CT molecular complexity index is 482. The molecule has 1 aromatic carbocycles. The van der Waals surface area contributed by atoms with Crippen molar-refractivity contribution in [1.29, 1.82) is 0 Å². The summed E-state index contributed by atoms with van der Waals surface area (Å²) in [5.41, 5.74) is 2.16. The number of hydrogen-bond donors (Lipinski definition) is 1. The third-order valence-electron chi connectivity index (χ3n) is 2.50. The van der Waals surface area contributed by atoms with Crippen molar-refractivity contribution < 1.29 is 0 Å². The molecule has 0 amide bonds. The molecule has 0 aliphatic carbocycles. The molecule has 0 radical (unpaired) electrons. The molecule has 2 aromatic rings. The minimum Gasteiger partial charge on any atom is -0.312 e. The van der Waals surface area contributed by atoms with Gasteiger partial charge in [0.25, 0.3) is 0 Å². The zero-order chi connectivity index (χ0) is 10.7. The minimum absolute atomic E-state index is 0.0318. The molecule has 2 rings (SSSR count).